The van der Waals surface area contributed by atoms with Crippen LogP contribution in [0.2, 0.25) is 0 Å². The van der Waals surface area contributed by atoms with Gasteiger partial charge in [-0.25, -0.2) is 4.79 Å². The summed E-state index contributed by atoms with van der Waals surface area (Å²) in [4.78, 5) is 10.7. The summed E-state index contributed by atoms with van der Waals surface area (Å²) in [6, 6.07) is 11.4. The van der Waals surface area contributed by atoms with Crippen molar-refractivity contribution in [3.63, 3.8) is 0 Å². The van der Waals surface area contributed by atoms with E-state index in [-0.39, 0.29) is 37.5 Å². The minimum Gasteiger partial charge on any atom is -1.00 e. The maximum absolute atomic E-state index is 10.7. The van der Waals surface area contributed by atoms with Crippen molar-refractivity contribution in [2.45, 2.75) is 0 Å². The van der Waals surface area contributed by atoms with Crippen molar-refractivity contribution in [3.8, 4) is 0 Å². The first kappa shape index (κ1) is 12.3. The topological polar surface area (TPSA) is 30.2 Å². The van der Waals surface area contributed by atoms with E-state index < -0.39 is 0 Å². The van der Waals surface area contributed by atoms with E-state index in [0.29, 0.717) is 5.58 Å². The van der Waals surface area contributed by atoms with Crippen molar-refractivity contribution < 1.29 is 36.3 Å². The Kier molecular flexibility index (Phi) is 4.89. The molecular weight excluding hydrogens is 241 g/mol. The molecule has 4 heteroatoms. The Bertz CT molecular complexity index is 439. The molecule has 2 nitrogen and oxygen atoms in total. The summed E-state index contributed by atoms with van der Waals surface area (Å²) in [7, 11) is 0. The van der Waals surface area contributed by atoms with Crippen LogP contribution in [0.4, 0.5) is 0 Å². The summed E-state index contributed by atoms with van der Waals surface area (Å²) in [5, 5.41) is 0.826. The Morgan fingerprint density at radius 1 is 1.23 bits per heavy atom. The van der Waals surface area contributed by atoms with Gasteiger partial charge in [-0.05, 0) is 6.07 Å². The fraction of sp³-hybridized carbons (Fsp3) is 0. The van der Waals surface area contributed by atoms with Crippen LogP contribution in [-0.4, -0.2) is 0 Å². The van der Waals surface area contributed by atoms with E-state index in [1.165, 1.54) is 6.07 Å². The second-order valence-electron chi connectivity index (χ2n) is 2.21. The van der Waals surface area contributed by atoms with Crippen molar-refractivity contribution in [3.05, 3.63) is 46.8 Å². The van der Waals surface area contributed by atoms with E-state index in [0.717, 1.165) is 5.39 Å². The van der Waals surface area contributed by atoms with Gasteiger partial charge in [-0.2, -0.15) is 0 Å². The van der Waals surface area contributed by atoms with Crippen LogP contribution in [0.5, 0.6) is 0 Å². The predicted molar refractivity (Wildman–Crippen MR) is 41.3 cm³/mol. The van der Waals surface area contributed by atoms with E-state index in [4.69, 9.17) is 4.42 Å². The third-order valence-corrected chi connectivity index (χ3v) is 1.44. The Hall–Kier alpha value is -0.657. The first-order chi connectivity index (χ1) is 5.36. The number of fused-ring (bicyclic) bond motifs is 1. The first-order valence-electron chi connectivity index (χ1n) is 3.27. The van der Waals surface area contributed by atoms with Crippen molar-refractivity contribution in [2.24, 2.45) is 0 Å². The fourth-order valence-electron chi connectivity index (χ4n) is 0.949. The Morgan fingerprint density at radius 3 is 2.69 bits per heavy atom. The van der Waals surface area contributed by atoms with Crippen molar-refractivity contribution >= 4 is 11.0 Å². The number of para-hydroxylation sites is 1. The predicted octanol–water partition coefficient (Wildman–Crippen LogP) is -1.41. The molecule has 0 fully saturated rings. The Balaban J connectivity index is 0.000000720. The zero-order chi connectivity index (χ0) is 7.68. The van der Waals surface area contributed by atoms with Crippen LogP contribution >= 0.6 is 0 Å². The molecule has 0 spiro atoms. The smallest absolute Gasteiger partial charge is 0.336 e. The molecule has 1 heterocycles. The molecule has 0 atom stereocenters. The van der Waals surface area contributed by atoms with Gasteiger partial charge in [-0.3, -0.25) is 0 Å². The molecule has 0 saturated heterocycles. The Morgan fingerprint density at radius 2 is 1.92 bits per heavy atom. The average Bonchev–Trinajstić information content (AvgIpc) is 2.04. The van der Waals surface area contributed by atoms with Crippen LogP contribution < -0.4 is 18.0 Å². The van der Waals surface area contributed by atoms with Crippen LogP contribution in [0.25, 0.3) is 11.0 Å². The molecule has 0 amide bonds. The third-order valence-electron chi connectivity index (χ3n) is 1.44. The van der Waals surface area contributed by atoms with E-state index in [2.05, 4.69) is 6.07 Å². The molecule has 0 aliphatic heterocycles. The number of hydrogen-bond acceptors (Lipinski definition) is 2. The van der Waals surface area contributed by atoms with Crippen molar-refractivity contribution in [1.82, 2.24) is 0 Å². The van der Waals surface area contributed by atoms with Crippen LogP contribution in [0.3, 0.4) is 0 Å². The second kappa shape index (κ2) is 5.15. The van der Waals surface area contributed by atoms with Gasteiger partial charge in [-0.15, -0.1) is 0 Å². The van der Waals surface area contributed by atoms with Gasteiger partial charge in [0.2, 0.25) is 0 Å². The SMILES string of the molecule is O=c1c[c]c2ccccc2o1.[Cl-].[Zn]. The van der Waals surface area contributed by atoms with Gasteiger partial charge in [0.1, 0.15) is 5.58 Å². The molecule has 2 aromatic rings. The molecule has 1 aromatic heterocycles. The van der Waals surface area contributed by atoms with Crippen LogP contribution in [0, 0.1) is 6.07 Å². The molecule has 13 heavy (non-hydrogen) atoms. The summed E-state index contributed by atoms with van der Waals surface area (Å²) < 4.78 is 4.87. The third kappa shape index (κ3) is 2.65. The van der Waals surface area contributed by atoms with Crippen LogP contribution in [-0.2, 0) is 19.5 Å². The van der Waals surface area contributed by atoms with Gasteiger partial charge in [0.25, 0.3) is 0 Å². The number of hydrogen-bond donors (Lipinski definition) is 0. The van der Waals surface area contributed by atoms with E-state index in [1.807, 2.05) is 18.2 Å². The molecule has 0 saturated carbocycles. The Labute approximate surface area is 94.1 Å². The monoisotopic (exact) mass is 244 g/mol. The van der Waals surface area contributed by atoms with Crippen molar-refractivity contribution in [2.75, 3.05) is 0 Å². The molecule has 1 radical (unpaired) electrons. The second-order valence-corrected chi connectivity index (χ2v) is 2.21. The zero-order valence-electron chi connectivity index (χ0n) is 6.79. The minimum absolute atomic E-state index is 0. The van der Waals surface area contributed by atoms with Gasteiger partial charge in [-0.1, -0.05) is 18.2 Å². The molecule has 2 rings (SSSR count). The van der Waals surface area contributed by atoms with E-state index in [1.54, 1.807) is 6.07 Å². The molecule has 1 aromatic carbocycles. The van der Waals surface area contributed by atoms with Gasteiger partial charge < -0.3 is 16.8 Å². The molecule has 0 N–H and O–H groups in total. The van der Waals surface area contributed by atoms with Gasteiger partial charge >= 0.3 is 5.63 Å². The largest absolute Gasteiger partial charge is 1.00 e. The maximum Gasteiger partial charge on any atom is 0.336 e. The van der Waals surface area contributed by atoms with Crippen LogP contribution in [0.15, 0.2) is 39.5 Å². The quantitative estimate of drug-likeness (QED) is 0.422. The molecule has 0 unspecified atom stereocenters. The maximum atomic E-state index is 10.7. The molecule has 0 aliphatic carbocycles. The number of benzene rings is 1. The average molecular weight is 246 g/mol. The summed E-state index contributed by atoms with van der Waals surface area (Å²) in [5.74, 6) is 0. The normalized spacial score (nSPS) is 8.62. The first-order valence-corrected chi connectivity index (χ1v) is 3.27. The minimum atomic E-state index is -0.358. The van der Waals surface area contributed by atoms with Crippen molar-refractivity contribution in [1.29, 1.82) is 0 Å². The summed E-state index contributed by atoms with van der Waals surface area (Å²) in [6.07, 6.45) is 0. The van der Waals surface area contributed by atoms with Gasteiger partial charge in [0.05, 0.1) is 0 Å². The standard InChI is InChI=1S/C9H5O2.ClH.Zn/c10-9-6-5-7-3-1-2-4-8(7)11-9;;/h1-4,6H;1H;/p-1. The summed E-state index contributed by atoms with van der Waals surface area (Å²) in [6.45, 7) is 0. The van der Waals surface area contributed by atoms with Gasteiger partial charge in [0.15, 0.2) is 0 Å². The molecule has 0 bridgehead atoms. The van der Waals surface area contributed by atoms with E-state index in [9.17, 15) is 4.79 Å². The molecular formula is C9H5ClO2Zn-. The summed E-state index contributed by atoms with van der Waals surface area (Å²) in [5.41, 5.74) is 0.226. The summed E-state index contributed by atoms with van der Waals surface area (Å²) >= 11 is 0. The van der Waals surface area contributed by atoms with Crippen LogP contribution in [0.1, 0.15) is 0 Å². The van der Waals surface area contributed by atoms with Gasteiger partial charge in [0, 0.05) is 37.0 Å². The number of halogens is 1. The fourth-order valence-corrected chi connectivity index (χ4v) is 0.949. The molecule has 0 aliphatic rings. The molecule has 63 valence electrons. The van der Waals surface area contributed by atoms with E-state index >= 15 is 0 Å². The number of rotatable bonds is 0. The zero-order valence-corrected chi connectivity index (χ0v) is 10.5.